The van der Waals surface area contributed by atoms with Crippen molar-refractivity contribution in [2.75, 3.05) is 5.73 Å². The molecule has 0 amide bonds. The predicted octanol–water partition coefficient (Wildman–Crippen LogP) is 1.83. The number of rotatable bonds is 4. The number of hydrazone groups is 1. The van der Waals surface area contributed by atoms with Gasteiger partial charge in [0.05, 0.1) is 4.92 Å². The molecular formula is C14H15ClN6O2. The normalized spacial score (nSPS) is 10.5. The molecule has 2 rings (SSSR count). The molecule has 9 heteroatoms. The molecule has 23 heavy (non-hydrogen) atoms. The zero-order chi connectivity index (χ0) is 16.1. The molecule has 0 aromatic heterocycles. The number of nitrogen functional groups attached to an aromatic ring is 1. The maximum absolute atomic E-state index is 10.9. The van der Waals surface area contributed by atoms with Crippen molar-refractivity contribution < 1.29 is 4.92 Å². The van der Waals surface area contributed by atoms with E-state index in [0.717, 1.165) is 0 Å². The fraction of sp³-hybridized carbons (Fsp3) is 0. The smallest absolute Gasteiger partial charge is 0.270 e. The van der Waals surface area contributed by atoms with Crippen molar-refractivity contribution in [1.82, 2.24) is 5.43 Å². The largest absolute Gasteiger partial charge is 0.398 e. The average Bonchev–Trinajstić information content (AvgIpc) is 2.49. The number of hydrogen-bond donors (Lipinski definition) is 4. The third-order valence-corrected chi connectivity index (χ3v) is 2.84. The number of nitro groups is 1. The maximum atomic E-state index is 10.9. The Morgan fingerprint density at radius 1 is 1.22 bits per heavy atom. The van der Waals surface area contributed by atoms with Gasteiger partial charge in [-0.1, -0.05) is 30.3 Å². The molecule has 2 aromatic rings. The SMILES string of the molecule is Cl.N=C(N)N/N=C(\c1ccccc1)c1cc([N+](=O)[O-])ccc1N. The van der Waals surface area contributed by atoms with Gasteiger partial charge in [0.1, 0.15) is 5.71 Å². The molecule has 8 nitrogen and oxygen atoms in total. The number of nitrogens with two attached hydrogens (primary N) is 2. The zero-order valence-electron chi connectivity index (χ0n) is 11.9. The van der Waals surface area contributed by atoms with Crippen molar-refractivity contribution in [3.8, 4) is 0 Å². The third kappa shape index (κ3) is 4.42. The molecule has 0 aliphatic carbocycles. The van der Waals surface area contributed by atoms with Gasteiger partial charge < -0.3 is 11.5 Å². The molecule has 0 saturated heterocycles. The van der Waals surface area contributed by atoms with E-state index in [9.17, 15) is 10.1 Å². The molecule has 0 unspecified atom stereocenters. The van der Waals surface area contributed by atoms with Gasteiger partial charge in [-0.15, -0.1) is 12.4 Å². The van der Waals surface area contributed by atoms with Crippen molar-refractivity contribution in [2.45, 2.75) is 0 Å². The maximum Gasteiger partial charge on any atom is 0.270 e. The summed E-state index contributed by atoms with van der Waals surface area (Å²) < 4.78 is 0. The number of nitro benzene ring substituents is 1. The fourth-order valence-corrected chi connectivity index (χ4v) is 1.86. The number of hydrogen-bond acceptors (Lipinski definition) is 5. The highest BCUT2D eigenvalue weighted by Crippen LogP contribution is 2.23. The Morgan fingerprint density at radius 3 is 2.43 bits per heavy atom. The van der Waals surface area contributed by atoms with E-state index in [1.807, 2.05) is 6.07 Å². The van der Waals surface area contributed by atoms with E-state index in [0.29, 0.717) is 22.5 Å². The Hall–Kier alpha value is -3.13. The van der Waals surface area contributed by atoms with Gasteiger partial charge in [-0.3, -0.25) is 15.5 Å². The Balaban J connectivity index is 0.00000264. The van der Waals surface area contributed by atoms with Gasteiger partial charge in [-0.2, -0.15) is 5.10 Å². The van der Waals surface area contributed by atoms with Crippen LogP contribution in [0, 0.1) is 15.5 Å². The molecule has 0 saturated carbocycles. The first-order valence-electron chi connectivity index (χ1n) is 6.26. The van der Waals surface area contributed by atoms with E-state index >= 15 is 0 Å². The molecule has 0 heterocycles. The first kappa shape index (κ1) is 17.9. The van der Waals surface area contributed by atoms with Crippen LogP contribution in [0.5, 0.6) is 0 Å². The van der Waals surface area contributed by atoms with Crippen molar-refractivity contribution in [1.29, 1.82) is 5.41 Å². The molecule has 120 valence electrons. The van der Waals surface area contributed by atoms with E-state index in [-0.39, 0.29) is 24.1 Å². The molecule has 0 bridgehead atoms. The zero-order valence-corrected chi connectivity index (χ0v) is 12.7. The van der Waals surface area contributed by atoms with Crippen LogP contribution in [0.4, 0.5) is 11.4 Å². The van der Waals surface area contributed by atoms with Crippen LogP contribution in [0.25, 0.3) is 0 Å². The Kier molecular flexibility index (Phi) is 6.04. The van der Waals surface area contributed by atoms with Gasteiger partial charge in [0, 0.05) is 28.9 Å². The molecule has 0 fully saturated rings. The first-order valence-corrected chi connectivity index (χ1v) is 6.26. The summed E-state index contributed by atoms with van der Waals surface area (Å²) in [7, 11) is 0. The van der Waals surface area contributed by atoms with Gasteiger partial charge >= 0.3 is 0 Å². The number of benzene rings is 2. The number of nitrogens with zero attached hydrogens (tertiary/aromatic N) is 2. The van der Waals surface area contributed by atoms with E-state index in [2.05, 4.69) is 10.5 Å². The Bertz CT molecular complexity index is 748. The Morgan fingerprint density at radius 2 is 1.87 bits per heavy atom. The highest BCUT2D eigenvalue weighted by atomic mass is 35.5. The van der Waals surface area contributed by atoms with Crippen LogP contribution < -0.4 is 16.9 Å². The lowest BCUT2D eigenvalue weighted by atomic mass is 10.0. The van der Waals surface area contributed by atoms with E-state index in [1.165, 1.54) is 18.2 Å². The van der Waals surface area contributed by atoms with E-state index in [1.54, 1.807) is 24.3 Å². The summed E-state index contributed by atoms with van der Waals surface area (Å²) in [6, 6.07) is 13.1. The fourth-order valence-electron chi connectivity index (χ4n) is 1.86. The van der Waals surface area contributed by atoms with Crippen LogP contribution in [0.2, 0.25) is 0 Å². The quantitative estimate of drug-likeness (QED) is 0.222. The Labute approximate surface area is 138 Å². The monoisotopic (exact) mass is 334 g/mol. The molecule has 2 aromatic carbocycles. The molecule has 0 spiro atoms. The second kappa shape index (κ2) is 7.76. The molecule has 0 atom stereocenters. The number of nitrogens with one attached hydrogen (secondary N) is 2. The first-order chi connectivity index (χ1) is 10.5. The summed E-state index contributed by atoms with van der Waals surface area (Å²) in [5.74, 6) is -0.350. The van der Waals surface area contributed by atoms with Gasteiger partial charge in [-0.05, 0) is 6.07 Å². The highest BCUT2D eigenvalue weighted by molar-refractivity contribution is 6.16. The lowest BCUT2D eigenvalue weighted by molar-refractivity contribution is -0.384. The molecule has 0 aliphatic rings. The van der Waals surface area contributed by atoms with Crippen LogP contribution in [-0.4, -0.2) is 16.6 Å². The van der Waals surface area contributed by atoms with Crippen molar-refractivity contribution in [3.05, 3.63) is 69.8 Å². The average molecular weight is 335 g/mol. The van der Waals surface area contributed by atoms with Crippen LogP contribution in [0.15, 0.2) is 53.6 Å². The minimum atomic E-state index is -0.510. The van der Waals surface area contributed by atoms with Gasteiger partial charge in [0.2, 0.25) is 5.96 Å². The van der Waals surface area contributed by atoms with Crippen LogP contribution in [-0.2, 0) is 0 Å². The van der Waals surface area contributed by atoms with Crippen molar-refractivity contribution in [3.63, 3.8) is 0 Å². The summed E-state index contributed by atoms with van der Waals surface area (Å²) in [6.45, 7) is 0. The summed E-state index contributed by atoms with van der Waals surface area (Å²) in [4.78, 5) is 10.4. The summed E-state index contributed by atoms with van der Waals surface area (Å²) in [6.07, 6.45) is 0. The third-order valence-electron chi connectivity index (χ3n) is 2.84. The second-order valence-electron chi connectivity index (χ2n) is 4.38. The molecule has 0 aliphatic heterocycles. The second-order valence-corrected chi connectivity index (χ2v) is 4.38. The number of guanidine groups is 1. The van der Waals surface area contributed by atoms with Crippen LogP contribution in [0.3, 0.4) is 0 Å². The number of non-ortho nitro benzene ring substituents is 1. The van der Waals surface area contributed by atoms with Gasteiger partial charge in [-0.25, -0.2) is 5.43 Å². The van der Waals surface area contributed by atoms with E-state index < -0.39 is 4.92 Å². The van der Waals surface area contributed by atoms with Crippen molar-refractivity contribution in [2.24, 2.45) is 10.8 Å². The van der Waals surface area contributed by atoms with Gasteiger partial charge in [0.25, 0.3) is 5.69 Å². The molecule has 0 radical (unpaired) electrons. The minimum absolute atomic E-state index is 0. The standard InChI is InChI=1S/C14H14N6O2.ClH/c15-12-7-6-10(20(21)22)8-11(12)13(18-19-14(16)17)9-4-2-1-3-5-9;/h1-8H,15H2,(H4,16,17,19);1H/b18-13+;. The lowest BCUT2D eigenvalue weighted by Gasteiger charge is -2.10. The number of halogens is 1. The summed E-state index contributed by atoms with van der Waals surface area (Å²) in [5.41, 5.74) is 15.2. The van der Waals surface area contributed by atoms with Gasteiger partial charge in [0.15, 0.2) is 0 Å². The topological polar surface area (TPSA) is 143 Å². The van der Waals surface area contributed by atoms with Crippen LogP contribution in [0.1, 0.15) is 11.1 Å². The summed E-state index contributed by atoms with van der Waals surface area (Å²) in [5, 5.41) is 22.2. The van der Waals surface area contributed by atoms with Crippen LogP contribution >= 0.6 is 12.4 Å². The molecule has 6 N–H and O–H groups in total. The number of anilines is 1. The van der Waals surface area contributed by atoms with E-state index in [4.69, 9.17) is 16.9 Å². The molecular weight excluding hydrogens is 320 g/mol. The summed E-state index contributed by atoms with van der Waals surface area (Å²) >= 11 is 0. The lowest BCUT2D eigenvalue weighted by Crippen LogP contribution is -2.27. The van der Waals surface area contributed by atoms with Crippen molar-refractivity contribution >= 4 is 35.5 Å². The predicted molar refractivity (Wildman–Crippen MR) is 91.9 cm³/mol. The highest BCUT2D eigenvalue weighted by Gasteiger charge is 2.15. The minimum Gasteiger partial charge on any atom is -0.398 e.